The zero-order valence-electron chi connectivity index (χ0n) is 10.4. The van der Waals surface area contributed by atoms with Crippen LogP contribution in [0.2, 0.25) is 0 Å². The molecule has 18 heavy (non-hydrogen) atoms. The van der Waals surface area contributed by atoms with E-state index in [2.05, 4.69) is 5.32 Å². The van der Waals surface area contributed by atoms with E-state index in [9.17, 15) is 8.78 Å². The van der Waals surface area contributed by atoms with Crippen LogP contribution >= 0.6 is 0 Å². The molecule has 1 nitrogen and oxygen atoms in total. The second kappa shape index (κ2) is 5.17. The molecule has 0 bridgehead atoms. The monoisotopic (exact) mass is 247 g/mol. The molecule has 2 aromatic carbocycles. The lowest BCUT2D eigenvalue weighted by atomic mass is 10.1. The van der Waals surface area contributed by atoms with Gasteiger partial charge in [0.05, 0.1) is 5.69 Å². The minimum absolute atomic E-state index is 0.0822. The van der Waals surface area contributed by atoms with E-state index < -0.39 is 11.6 Å². The van der Waals surface area contributed by atoms with E-state index in [4.69, 9.17) is 0 Å². The fraction of sp³-hybridized carbons (Fsp3) is 0.200. The van der Waals surface area contributed by atoms with E-state index in [1.165, 1.54) is 6.07 Å². The molecule has 2 aromatic rings. The van der Waals surface area contributed by atoms with Gasteiger partial charge in [-0.3, -0.25) is 0 Å². The van der Waals surface area contributed by atoms with Crippen molar-refractivity contribution >= 4 is 5.69 Å². The SMILES string of the molecule is Cc1cccc(C(C)Nc2cc(F)ccc2F)c1. The maximum absolute atomic E-state index is 13.5. The summed E-state index contributed by atoms with van der Waals surface area (Å²) in [5.41, 5.74) is 2.36. The average molecular weight is 247 g/mol. The number of hydrogen-bond acceptors (Lipinski definition) is 1. The van der Waals surface area contributed by atoms with Crippen molar-refractivity contribution in [1.29, 1.82) is 0 Å². The van der Waals surface area contributed by atoms with Gasteiger partial charge in [-0.25, -0.2) is 8.78 Å². The topological polar surface area (TPSA) is 12.0 Å². The standard InChI is InChI=1S/C15H15F2N/c1-10-4-3-5-12(8-10)11(2)18-15-9-13(16)6-7-14(15)17/h3-9,11,18H,1-2H3. The summed E-state index contributed by atoms with van der Waals surface area (Å²) in [6, 6.07) is 11.3. The molecule has 0 amide bonds. The Morgan fingerprint density at radius 1 is 1.06 bits per heavy atom. The molecule has 1 unspecified atom stereocenters. The van der Waals surface area contributed by atoms with Crippen LogP contribution in [-0.2, 0) is 0 Å². The Morgan fingerprint density at radius 3 is 2.56 bits per heavy atom. The van der Waals surface area contributed by atoms with Crippen LogP contribution in [-0.4, -0.2) is 0 Å². The van der Waals surface area contributed by atoms with Gasteiger partial charge in [0.1, 0.15) is 11.6 Å². The Labute approximate surface area is 105 Å². The maximum Gasteiger partial charge on any atom is 0.146 e. The quantitative estimate of drug-likeness (QED) is 0.845. The molecule has 0 aliphatic carbocycles. The van der Waals surface area contributed by atoms with Crippen molar-refractivity contribution in [1.82, 2.24) is 0 Å². The Morgan fingerprint density at radius 2 is 1.83 bits per heavy atom. The zero-order chi connectivity index (χ0) is 13.1. The number of nitrogens with one attached hydrogen (secondary N) is 1. The summed E-state index contributed by atoms with van der Waals surface area (Å²) in [5.74, 6) is -0.897. The lowest BCUT2D eigenvalue weighted by Crippen LogP contribution is -2.08. The maximum atomic E-state index is 13.5. The van der Waals surface area contributed by atoms with E-state index in [-0.39, 0.29) is 11.7 Å². The highest BCUT2D eigenvalue weighted by molar-refractivity contribution is 5.47. The predicted molar refractivity (Wildman–Crippen MR) is 69.6 cm³/mol. The van der Waals surface area contributed by atoms with Crippen molar-refractivity contribution in [3.05, 3.63) is 65.2 Å². The summed E-state index contributed by atoms with van der Waals surface area (Å²) >= 11 is 0. The third-order valence-corrected chi connectivity index (χ3v) is 2.84. The molecule has 0 fully saturated rings. The molecule has 1 N–H and O–H groups in total. The van der Waals surface area contributed by atoms with Gasteiger partial charge in [0, 0.05) is 6.04 Å². The first-order valence-corrected chi connectivity index (χ1v) is 5.84. The molecule has 94 valence electrons. The highest BCUT2D eigenvalue weighted by atomic mass is 19.1. The molecule has 0 radical (unpaired) electrons. The van der Waals surface area contributed by atoms with E-state index in [1.54, 1.807) is 0 Å². The molecule has 0 spiro atoms. The van der Waals surface area contributed by atoms with E-state index >= 15 is 0 Å². The lowest BCUT2D eigenvalue weighted by molar-refractivity contribution is 0.600. The van der Waals surface area contributed by atoms with Crippen molar-refractivity contribution in [2.75, 3.05) is 5.32 Å². The molecule has 2 rings (SSSR count). The smallest absolute Gasteiger partial charge is 0.146 e. The number of benzene rings is 2. The van der Waals surface area contributed by atoms with Crippen LogP contribution in [0.15, 0.2) is 42.5 Å². The van der Waals surface area contributed by atoms with Crippen LogP contribution in [0.3, 0.4) is 0 Å². The lowest BCUT2D eigenvalue weighted by Gasteiger charge is -2.16. The summed E-state index contributed by atoms with van der Waals surface area (Å²) in [7, 11) is 0. The normalized spacial score (nSPS) is 12.2. The van der Waals surface area contributed by atoms with Crippen molar-refractivity contribution in [2.24, 2.45) is 0 Å². The summed E-state index contributed by atoms with van der Waals surface area (Å²) in [4.78, 5) is 0. The molecular formula is C15H15F2N. The summed E-state index contributed by atoms with van der Waals surface area (Å²) in [6.45, 7) is 3.91. The third kappa shape index (κ3) is 2.86. The number of aryl methyl sites for hydroxylation is 1. The average Bonchev–Trinajstić information content (AvgIpc) is 2.34. The van der Waals surface area contributed by atoms with Crippen LogP contribution in [0.25, 0.3) is 0 Å². The van der Waals surface area contributed by atoms with Gasteiger partial charge in [0.2, 0.25) is 0 Å². The number of rotatable bonds is 3. The van der Waals surface area contributed by atoms with Crippen molar-refractivity contribution < 1.29 is 8.78 Å². The molecule has 1 atom stereocenters. The Balaban J connectivity index is 2.21. The molecule has 3 heteroatoms. The number of anilines is 1. The van der Waals surface area contributed by atoms with Gasteiger partial charge >= 0.3 is 0 Å². The van der Waals surface area contributed by atoms with Crippen molar-refractivity contribution in [3.63, 3.8) is 0 Å². The van der Waals surface area contributed by atoms with Gasteiger partial charge in [-0.05, 0) is 37.6 Å². The molecular weight excluding hydrogens is 232 g/mol. The van der Waals surface area contributed by atoms with Gasteiger partial charge < -0.3 is 5.32 Å². The molecule has 0 aliphatic heterocycles. The molecule has 0 aliphatic rings. The highest BCUT2D eigenvalue weighted by Gasteiger charge is 2.09. The van der Waals surface area contributed by atoms with E-state index in [0.717, 1.165) is 23.3 Å². The predicted octanol–water partition coefficient (Wildman–Crippen LogP) is 4.45. The van der Waals surface area contributed by atoms with Gasteiger partial charge in [-0.15, -0.1) is 0 Å². The molecule has 0 heterocycles. The first-order valence-electron chi connectivity index (χ1n) is 5.84. The van der Waals surface area contributed by atoms with Crippen LogP contribution in [0.5, 0.6) is 0 Å². The summed E-state index contributed by atoms with van der Waals surface area (Å²) < 4.78 is 26.6. The number of halogens is 2. The minimum atomic E-state index is -0.449. The fourth-order valence-corrected chi connectivity index (χ4v) is 1.86. The molecule has 0 saturated carbocycles. The second-order valence-electron chi connectivity index (χ2n) is 4.40. The minimum Gasteiger partial charge on any atom is -0.376 e. The summed E-state index contributed by atoms with van der Waals surface area (Å²) in [5, 5.41) is 2.98. The van der Waals surface area contributed by atoms with Crippen LogP contribution < -0.4 is 5.32 Å². The third-order valence-electron chi connectivity index (χ3n) is 2.84. The van der Waals surface area contributed by atoms with Crippen LogP contribution in [0, 0.1) is 18.6 Å². The Bertz CT molecular complexity index is 552. The highest BCUT2D eigenvalue weighted by Crippen LogP contribution is 2.22. The van der Waals surface area contributed by atoms with Crippen molar-refractivity contribution in [2.45, 2.75) is 19.9 Å². The van der Waals surface area contributed by atoms with Gasteiger partial charge in [0.15, 0.2) is 0 Å². The van der Waals surface area contributed by atoms with Gasteiger partial charge in [0.25, 0.3) is 0 Å². The molecule has 0 aromatic heterocycles. The van der Waals surface area contributed by atoms with Crippen LogP contribution in [0.4, 0.5) is 14.5 Å². The first kappa shape index (κ1) is 12.6. The summed E-state index contributed by atoms with van der Waals surface area (Å²) in [6.07, 6.45) is 0. The zero-order valence-corrected chi connectivity index (χ0v) is 10.4. The first-order chi connectivity index (χ1) is 8.56. The molecule has 0 saturated heterocycles. The van der Waals surface area contributed by atoms with E-state index in [1.807, 2.05) is 38.1 Å². The Kier molecular flexibility index (Phi) is 3.60. The van der Waals surface area contributed by atoms with Gasteiger partial charge in [-0.2, -0.15) is 0 Å². The fourth-order valence-electron chi connectivity index (χ4n) is 1.86. The second-order valence-corrected chi connectivity index (χ2v) is 4.40. The Hall–Kier alpha value is -1.90. The van der Waals surface area contributed by atoms with E-state index in [0.29, 0.717) is 0 Å². The van der Waals surface area contributed by atoms with Crippen LogP contribution in [0.1, 0.15) is 24.1 Å². The van der Waals surface area contributed by atoms with Gasteiger partial charge in [-0.1, -0.05) is 29.8 Å². The number of hydrogen-bond donors (Lipinski definition) is 1. The van der Waals surface area contributed by atoms with Crippen molar-refractivity contribution in [3.8, 4) is 0 Å². The largest absolute Gasteiger partial charge is 0.376 e.